The maximum atomic E-state index is 12.8. The average molecular weight is 438 g/mol. The van der Waals surface area contributed by atoms with Crippen molar-refractivity contribution in [1.82, 2.24) is 14.9 Å². The second kappa shape index (κ2) is 7.33. The van der Waals surface area contributed by atoms with E-state index < -0.39 is 0 Å². The molecule has 0 bridgehead atoms. The van der Waals surface area contributed by atoms with Gasteiger partial charge in [0.05, 0.1) is 25.1 Å². The molecule has 0 aliphatic carbocycles. The molecule has 1 amide bonds. The third kappa shape index (κ3) is 3.45. The lowest BCUT2D eigenvalue weighted by atomic mass is 10.1. The Labute approximate surface area is 155 Å². The quantitative estimate of drug-likeness (QED) is 0.689. The largest absolute Gasteiger partial charge is 0.480 e. The highest BCUT2D eigenvalue weighted by Gasteiger charge is 2.24. The van der Waals surface area contributed by atoms with E-state index in [9.17, 15) is 4.79 Å². The predicted octanol–water partition coefficient (Wildman–Crippen LogP) is 2.36. The normalized spacial score (nSPS) is 14.6. The van der Waals surface area contributed by atoms with E-state index in [1.165, 1.54) is 0 Å². The number of hydrogen-bond acceptors (Lipinski definition) is 5. The number of carbonyl (C=O) groups excluding carboxylic acids is 1. The Bertz CT molecular complexity index is 745. The molecule has 0 N–H and O–H groups in total. The zero-order valence-corrected chi connectivity index (χ0v) is 15.9. The Kier molecular flexibility index (Phi) is 5.17. The first kappa shape index (κ1) is 16.9. The number of anilines is 1. The minimum Gasteiger partial charge on any atom is -0.480 e. The van der Waals surface area contributed by atoms with Crippen molar-refractivity contribution in [1.29, 1.82) is 0 Å². The molecule has 1 fully saturated rings. The number of amides is 1. The summed E-state index contributed by atoms with van der Waals surface area (Å²) in [6.07, 6.45) is 3.31. The van der Waals surface area contributed by atoms with Crippen molar-refractivity contribution in [2.24, 2.45) is 0 Å². The van der Waals surface area contributed by atoms with Gasteiger partial charge in [-0.15, -0.1) is 0 Å². The number of nitrogens with zero attached hydrogens (tertiary/aromatic N) is 4. The molecule has 2 heterocycles. The van der Waals surface area contributed by atoms with Crippen LogP contribution >= 0.6 is 22.6 Å². The molecule has 0 unspecified atom stereocenters. The molecule has 1 saturated heterocycles. The van der Waals surface area contributed by atoms with E-state index >= 15 is 0 Å². The maximum Gasteiger partial charge on any atom is 0.255 e. The fourth-order valence-corrected chi connectivity index (χ4v) is 3.30. The molecule has 6 nitrogen and oxygen atoms in total. The zero-order valence-electron chi connectivity index (χ0n) is 13.7. The molecule has 0 atom stereocenters. The second-order valence-corrected chi connectivity index (χ2v) is 6.71. The number of halogens is 1. The summed E-state index contributed by atoms with van der Waals surface area (Å²) in [7, 11) is 1.58. The van der Waals surface area contributed by atoms with Gasteiger partial charge in [-0.2, -0.15) is 4.98 Å². The maximum absolute atomic E-state index is 12.8. The highest BCUT2D eigenvalue weighted by Crippen LogP contribution is 2.20. The summed E-state index contributed by atoms with van der Waals surface area (Å²) in [5, 5.41) is 0. The fourth-order valence-electron chi connectivity index (χ4n) is 2.71. The van der Waals surface area contributed by atoms with E-state index in [1.54, 1.807) is 19.5 Å². The Morgan fingerprint density at radius 2 is 1.96 bits per heavy atom. The number of ether oxygens (including phenoxy) is 1. The molecule has 7 heteroatoms. The van der Waals surface area contributed by atoms with Crippen LogP contribution in [0.25, 0.3) is 0 Å². The average Bonchev–Trinajstić information content (AvgIpc) is 2.63. The predicted molar refractivity (Wildman–Crippen MR) is 101 cm³/mol. The number of methoxy groups -OCH3 is 1. The highest BCUT2D eigenvalue weighted by atomic mass is 127. The fraction of sp³-hybridized carbons (Fsp3) is 0.353. The Morgan fingerprint density at radius 1 is 1.21 bits per heavy atom. The van der Waals surface area contributed by atoms with Crippen molar-refractivity contribution in [3.63, 3.8) is 0 Å². The standard InChI is InChI=1S/C17H19IN4O2/c1-12-4-3-5-13(16(12)18)17(23)22-8-6-21(7-9-22)14-10-19-11-15(20-14)24-2/h3-5,10-11H,6-9H2,1-2H3. The summed E-state index contributed by atoms with van der Waals surface area (Å²) in [6, 6.07) is 5.86. The van der Waals surface area contributed by atoms with Crippen LogP contribution in [0.4, 0.5) is 5.82 Å². The van der Waals surface area contributed by atoms with Gasteiger partial charge in [0.15, 0.2) is 5.82 Å². The third-order valence-corrected chi connectivity index (χ3v) is 5.55. The van der Waals surface area contributed by atoms with Crippen molar-refractivity contribution in [2.75, 3.05) is 38.2 Å². The van der Waals surface area contributed by atoms with E-state index in [1.807, 2.05) is 30.0 Å². The topological polar surface area (TPSA) is 58.6 Å². The number of benzene rings is 1. The van der Waals surface area contributed by atoms with Gasteiger partial charge >= 0.3 is 0 Å². The van der Waals surface area contributed by atoms with Gasteiger partial charge in [-0.05, 0) is 41.1 Å². The molecule has 0 spiro atoms. The summed E-state index contributed by atoms with van der Waals surface area (Å²) in [6.45, 7) is 4.83. The minimum atomic E-state index is 0.0967. The van der Waals surface area contributed by atoms with Crippen molar-refractivity contribution < 1.29 is 9.53 Å². The summed E-state index contributed by atoms with van der Waals surface area (Å²) in [5.41, 5.74) is 1.91. The van der Waals surface area contributed by atoms with Crippen LogP contribution in [-0.2, 0) is 0 Å². The molecule has 3 rings (SSSR count). The molecule has 1 aliphatic heterocycles. The molecule has 1 aromatic carbocycles. The van der Waals surface area contributed by atoms with Crippen LogP contribution in [-0.4, -0.2) is 54.1 Å². The summed E-state index contributed by atoms with van der Waals surface area (Å²) in [5.74, 6) is 1.38. The molecule has 0 radical (unpaired) electrons. The SMILES string of the molecule is COc1cncc(N2CCN(C(=O)c3cccc(C)c3I)CC2)n1. The van der Waals surface area contributed by atoms with Crippen LogP contribution < -0.4 is 9.64 Å². The number of rotatable bonds is 3. The van der Waals surface area contributed by atoms with Gasteiger partial charge in [-0.25, -0.2) is 0 Å². The first-order chi connectivity index (χ1) is 11.6. The van der Waals surface area contributed by atoms with Crippen molar-refractivity contribution in [3.8, 4) is 5.88 Å². The van der Waals surface area contributed by atoms with Crippen LogP contribution in [0.3, 0.4) is 0 Å². The van der Waals surface area contributed by atoms with Crippen LogP contribution in [0.15, 0.2) is 30.6 Å². The number of aryl methyl sites for hydroxylation is 1. The molecular formula is C17H19IN4O2. The molecule has 0 saturated carbocycles. The van der Waals surface area contributed by atoms with E-state index in [-0.39, 0.29) is 5.91 Å². The monoisotopic (exact) mass is 438 g/mol. The minimum absolute atomic E-state index is 0.0967. The highest BCUT2D eigenvalue weighted by molar-refractivity contribution is 14.1. The summed E-state index contributed by atoms with van der Waals surface area (Å²) in [4.78, 5) is 25.3. The number of piperazine rings is 1. The van der Waals surface area contributed by atoms with Crippen LogP contribution in [0.2, 0.25) is 0 Å². The lowest BCUT2D eigenvalue weighted by Gasteiger charge is -2.35. The Hall–Kier alpha value is -1.90. The number of hydrogen-bond donors (Lipinski definition) is 0. The summed E-state index contributed by atoms with van der Waals surface area (Å²) >= 11 is 2.25. The van der Waals surface area contributed by atoms with Gasteiger partial charge in [0.1, 0.15) is 0 Å². The van der Waals surface area contributed by atoms with E-state index in [0.717, 1.165) is 33.6 Å². The lowest BCUT2D eigenvalue weighted by Crippen LogP contribution is -2.49. The van der Waals surface area contributed by atoms with Gasteiger partial charge in [0.2, 0.25) is 5.88 Å². The van der Waals surface area contributed by atoms with Crippen LogP contribution in [0.1, 0.15) is 15.9 Å². The van der Waals surface area contributed by atoms with Gasteiger partial charge in [-0.1, -0.05) is 12.1 Å². The van der Waals surface area contributed by atoms with Gasteiger partial charge in [-0.3, -0.25) is 9.78 Å². The molecule has 1 aromatic heterocycles. The van der Waals surface area contributed by atoms with Crippen molar-refractivity contribution in [2.45, 2.75) is 6.92 Å². The van der Waals surface area contributed by atoms with Gasteiger partial charge < -0.3 is 14.5 Å². The second-order valence-electron chi connectivity index (χ2n) is 5.64. The van der Waals surface area contributed by atoms with E-state index in [0.29, 0.717) is 19.0 Å². The van der Waals surface area contributed by atoms with Crippen LogP contribution in [0.5, 0.6) is 5.88 Å². The van der Waals surface area contributed by atoms with Gasteiger partial charge in [0, 0.05) is 29.7 Å². The Morgan fingerprint density at radius 3 is 2.67 bits per heavy atom. The van der Waals surface area contributed by atoms with Crippen molar-refractivity contribution in [3.05, 3.63) is 45.3 Å². The Balaban J connectivity index is 1.68. The first-order valence-electron chi connectivity index (χ1n) is 7.75. The third-order valence-electron chi connectivity index (χ3n) is 4.12. The van der Waals surface area contributed by atoms with Gasteiger partial charge in [0.25, 0.3) is 5.91 Å². The first-order valence-corrected chi connectivity index (χ1v) is 8.83. The lowest BCUT2D eigenvalue weighted by molar-refractivity contribution is 0.0745. The smallest absolute Gasteiger partial charge is 0.255 e. The van der Waals surface area contributed by atoms with Crippen molar-refractivity contribution >= 4 is 34.3 Å². The van der Waals surface area contributed by atoms with E-state index in [2.05, 4.69) is 37.5 Å². The molecule has 126 valence electrons. The number of carbonyl (C=O) groups is 1. The van der Waals surface area contributed by atoms with E-state index in [4.69, 9.17) is 4.74 Å². The van der Waals surface area contributed by atoms with Crippen LogP contribution in [0, 0.1) is 10.5 Å². The summed E-state index contributed by atoms with van der Waals surface area (Å²) < 4.78 is 6.15. The zero-order chi connectivity index (χ0) is 17.1. The number of aromatic nitrogens is 2. The molecule has 24 heavy (non-hydrogen) atoms. The molecule has 2 aromatic rings. The molecule has 1 aliphatic rings. The molecular weight excluding hydrogens is 419 g/mol.